The number of carbonyl (C=O) groups excluding carboxylic acids is 4. The lowest BCUT2D eigenvalue weighted by Gasteiger charge is -2.39. The van der Waals surface area contributed by atoms with Crippen molar-refractivity contribution >= 4 is 23.1 Å². The first-order valence-corrected chi connectivity index (χ1v) is 10.5. The molecule has 0 spiro atoms. The number of ketones is 4. The highest BCUT2D eigenvalue weighted by Gasteiger charge is 2.51. The normalized spacial score (nSPS) is 18.2. The molecule has 0 fully saturated rings. The van der Waals surface area contributed by atoms with Gasteiger partial charge in [-0.15, -0.1) is 0 Å². The van der Waals surface area contributed by atoms with Gasteiger partial charge < -0.3 is 0 Å². The standard InChI is InChI=1S/C27H28O4/c1-18(27(20(3)29,21(4)30)17-22-10-6-5-7-11-22)16-26(19(2)28)15-14-23-12-8-9-13-24(23)25(26)31/h5-13H,1,14-17H2,2-4H3. The highest BCUT2D eigenvalue weighted by molar-refractivity contribution is 6.16. The third-order valence-electron chi connectivity index (χ3n) is 6.82. The molecule has 0 radical (unpaired) electrons. The van der Waals surface area contributed by atoms with Crippen LogP contribution in [0.5, 0.6) is 0 Å². The first-order chi connectivity index (χ1) is 14.6. The van der Waals surface area contributed by atoms with E-state index in [0.717, 1.165) is 11.1 Å². The molecule has 0 aromatic heterocycles. The number of hydrogen-bond acceptors (Lipinski definition) is 4. The Hall–Kier alpha value is -3.14. The second-order valence-electron chi connectivity index (χ2n) is 8.58. The lowest BCUT2D eigenvalue weighted by molar-refractivity contribution is -0.136. The second-order valence-corrected chi connectivity index (χ2v) is 8.58. The van der Waals surface area contributed by atoms with Crippen LogP contribution in [0.3, 0.4) is 0 Å². The fourth-order valence-electron chi connectivity index (χ4n) is 4.85. The van der Waals surface area contributed by atoms with Gasteiger partial charge in [-0.05, 0) is 57.6 Å². The van der Waals surface area contributed by atoms with E-state index < -0.39 is 10.8 Å². The number of fused-ring (bicyclic) bond motifs is 1. The molecule has 4 nitrogen and oxygen atoms in total. The molecule has 0 N–H and O–H groups in total. The average Bonchev–Trinajstić information content (AvgIpc) is 2.74. The van der Waals surface area contributed by atoms with E-state index in [0.29, 0.717) is 24.0 Å². The Bertz CT molecular complexity index is 1050. The molecule has 3 rings (SSSR count). The fourth-order valence-corrected chi connectivity index (χ4v) is 4.85. The Morgan fingerprint density at radius 1 is 0.935 bits per heavy atom. The van der Waals surface area contributed by atoms with Crippen molar-refractivity contribution in [2.45, 2.75) is 46.5 Å². The van der Waals surface area contributed by atoms with Crippen molar-refractivity contribution < 1.29 is 19.2 Å². The molecule has 0 saturated heterocycles. The Labute approximate surface area is 183 Å². The molecule has 2 aromatic rings. The first-order valence-electron chi connectivity index (χ1n) is 10.5. The van der Waals surface area contributed by atoms with Crippen molar-refractivity contribution in [2.75, 3.05) is 0 Å². The highest BCUT2D eigenvalue weighted by atomic mass is 16.2. The lowest BCUT2D eigenvalue weighted by atomic mass is 9.60. The van der Waals surface area contributed by atoms with Gasteiger partial charge in [0.05, 0.1) is 5.41 Å². The van der Waals surface area contributed by atoms with Gasteiger partial charge in [-0.2, -0.15) is 0 Å². The summed E-state index contributed by atoms with van der Waals surface area (Å²) in [5.74, 6) is -1.15. The molecule has 0 amide bonds. The van der Waals surface area contributed by atoms with Crippen molar-refractivity contribution in [2.24, 2.45) is 10.8 Å². The van der Waals surface area contributed by atoms with E-state index in [-0.39, 0.29) is 36.0 Å². The fraction of sp³-hybridized carbons (Fsp3) is 0.333. The highest BCUT2D eigenvalue weighted by Crippen LogP contribution is 2.46. The Kier molecular flexibility index (Phi) is 6.21. The van der Waals surface area contributed by atoms with E-state index in [1.807, 2.05) is 42.5 Å². The van der Waals surface area contributed by atoms with Crippen molar-refractivity contribution in [3.8, 4) is 0 Å². The zero-order valence-corrected chi connectivity index (χ0v) is 18.4. The summed E-state index contributed by atoms with van der Waals surface area (Å²) < 4.78 is 0. The smallest absolute Gasteiger partial charge is 0.176 e. The largest absolute Gasteiger partial charge is 0.299 e. The van der Waals surface area contributed by atoms with Crippen LogP contribution >= 0.6 is 0 Å². The third kappa shape index (κ3) is 3.83. The van der Waals surface area contributed by atoms with Gasteiger partial charge in [0.15, 0.2) is 5.78 Å². The predicted molar refractivity (Wildman–Crippen MR) is 120 cm³/mol. The molecular weight excluding hydrogens is 388 g/mol. The minimum Gasteiger partial charge on any atom is -0.299 e. The van der Waals surface area contributed by atoms with E-state index in [9.17, 15) is 19.2 Å². The van der Waals surface area contributed by atoms with Gasteiger partial charge in [-0.3, -0.25) is 19.2 Å². The predicted octanol–water partition coefficient (Wildman–Crippen LogP) is 4.74. The van der Waals surface area contributed by atoms with Crippen LogP contribution in [-0.2, 0) is 27.2 Å². The summed E-state index contributed by atoms with van der Waals surface area (Å²) in [4.78, 5) is 52.2. The molecule has 2 aromatic carbocycles. The van der Waals surface area contributed by atoms with E-state index in [1.54, 1.807) is 12.1 Å². The van der Waals surface area contributed by atoms with Crippen LogP contribution in [0.15, 0.2) is 66.7 Å². The number of carbonyl (C=O) groups is 4. The Morgan fingerprint density at radius 2 is 1.52 bits per heavy atom. The molecule has 0 heterocycles. The van der Waals surface area contributed by atoms with Gasteiger partial charge in [0.1, 0.15) is 22.8 Å². The molecular formula is C27H28O4. The minimum atomic E-state index is -1.47. The first kappa shape index (κ1) is 22.5. The summed E-state index contributed by atoms with van der Waals surface area (Å²) in [6.45, 7) is 8.31. The SMILES string of the molecule is C=C(CC1(C(C)=O)CCc2ccccc2C1=O)C(Cc1ccccc1)(C(C)=O)C(C)=O. The van der Waals surface area contributed by atoms with Crippen molar-refractivity contribution in [1.82, 2.24) is 0 Å². The maximum atomic E-state index is 13.5. The van der Waals surface area contributed by atoms with Gasteiger partial charge in [-0.25, -0.2) is 0 Å². The van der Waals surface area contributed by atoms with Crippen LogP contribution < -0.4 is 0 Å². The summed E-state index contributed by atoms with van der Waals surface area (Å²) in [5, 5.41) is 0. The van der Waals surface area contributed by atoms with Crippen LogP contribution in [-0.4, -0.2) is 23.1 Å². The van der Waals surface area contributed by atoms with Crippen molar-refractivity contribution in [1.29, 1.82) is 0 Å². The van der Waals surface area contributed by atoms with Crippen LogP contribution in [0, 0.1) is 10.8 Å². The summed E-state index contributed by atoms with van der Waals surface area (Å²) in [5.41, 5.74) is -0.162. The van der Waals surface area contributed by atoms with Crippen molar-refractivity contribution in [3.05, 3.63) is 83.4 Å². The number of allylic oxidation sites excluding steroid dienone is 1. The van der Waals surface area contributed by atoms with Gasteiger partial charge in [0.25, 0.3) is 0 Å². The zero-order valence-electron chi connectivity index (χ0n) is 18.4. The van der Waals surface area contributed by atoms with Gasteiger partial charge in [-0.1, -0.05) is 66.7 Å². The van der Waals surface area contributed by atoms with Gasteiger partial charge in [0.2, 0.25) is 0 Å². The second kappa shape index (κ2) is 8.54. The molecule has 0 bridgehead atoms. The molecule has 160 valence electrons. The molecule has 1 atom stereocenters. The molecule has 1 unspecified atom stereocenters. The summed E-state index contributed by atoms with van der Waals surface area (Å²) >= 11 is 0. The molecule has 0 saturated carbocycles. The van der Waals surface area contributed by atoms with Gasteiger partial charge in [0, 0.05) is 5.56 Å². The Balaban J connectivity index is 2.05. The topological polar surface area (TPSA) is 68.3 Å². The van der Waals surface area contributed by atoms with E-state index in [4.69, 9.17) is 0 Å². The summed E-state index contributed by atoms with van der Waals surface area (Å²) in [6, 6.07) is 16.6. The molecule has 31 heavy (non-hydrogen) atoms. The number of aryl methyl sites for hydroxylation is 1. The minimum absolute atomic E-state index is 0.0124. The quantitative estimate of drug-likeness (QED) is 0.460. The van der Waals surface area contributed by atoms with Gasteiger partial charge >= 0.3 is 0 Å². The van der Waals surface area contributed by atoms with Crippen LogP contribution in [0.25, 0.3) is 0 Å². The van der Waals surface area contributed by atoms with E-state index in [1.165, 1.54) is 20.8 Å². The van der Waals surface area contributed by atoms with Crippen LogP contribution in [0.1, 0.15) is 55.1 Å². The number of Topliss-reactive ketones (excluding diaryl/α,β-unsaturated/α-hetero) is 4. The lowest BCUT2D eigenvalue weighted by Crippen LogP contribution is -2.47. The van der Waals surface area contributed by atoms with E-state index >= 15 is 0 Å². The third-order valence-corrected chi connectivity index (χ3v) is 6.82. The maximum Gasteiger partial charge on any atom is 0.176 e. The molecule has 4 heteroatoms. The summed E-state index contributed by atoms with van der Waals surface area (Å²) in [7, 11) is 0. The molecule has 1 aliphatic carbocycles. The Morgan fingerprint density at radius 3 is 2.10 bits per heavy atom. The number of rotatable bonds is 8. The average molecular weight is 417 g/mol. The van der Waals surface area contributed by atoms with E-state index in [2.05, 4.69) is 6.58 Å². The van der Waals surface area contributed by atoms with Crippen LogP contribution in [0.4, 0.5) is 0 Å². The monoisotopic (exact) mass is 416 g/mol. The zero-order chi connectivity index (χ0) is 22.8. The van der Waals surface area contributed by atoms with Crippen LogP contribution in [0.2, 0.25) is 0 Å². The molecule has 0 aliphatic heterocycles. The molecule has 1 aliphatic rings. The summed E-state index contributed by atoms with van der Waals surface area (Å²) in [6.07, 6.45) is 1.08. The number of benzene rings is 2. The number of hydrogen-bond donors (Lipinski definition) is 0. The van der Waals surface area contributed by atoms with Crippen molar-refractivity contribution in [3.63, 3.8) is 0 Å². The maximum absolute atomic E-state index is 13.5.